The summed E-state index contributed by atoms with van der Waals surface area (Å²) in [6.07, 6.45) is 0.706. The first-order valence-electron chi connectivity index (χ1n) is 8.38. The van der Waals surface area contributed by atoms with Crippen LogP contribution >= 0.6 is 12.2 Å². The Bertz CT molecular complexity index is 736. The van der Waals surface area contributed by atoms with E-state index in [0.717, 1.165) is 26.2 Å². The summed E-state index contributed by atoms with van der Waals surface area (Å²) < 4.78 is 51.9. The Balaban J connectivity index is 1.48. The van der Waals surface area contributed by atoms with Crippen LogP contribution in [0.1, 0.15) is 6.42 Å². The largest absolute Gasteiger partial charge is 0.435 e. The molecule has 1 aromatic rings. The van der Waals surface area contributed by atoms with Crippen molar-refractivity contribution in [3.8, 4) is 5.75 Å². The summed E-state index contributed by atoms with van der Waals surface area (Å²) in [5.74, 6) is 0.628. The van der Waals surface area contributed by atoms with Gasteiger partial charge in [-0.3, -0.25) is 4.90 Å². The normalized spacial score (nSPS) is 23.2. The number of nitrogens with zero attached hydrogens (tertiary/aromatic N) is 2. The number of rotatable bonds is 4. The van der Waals surface area contributed by atoms with Gasteiger partial charge in [0.2, 0.25) is 0 Å². The molecule has 6 nitrogen and oxygen atoms in total. The molecule has 2 heterocycles. The van der Waals surface area contributed by atoms with Crippen LogP contribution in [0.15, 0.2) is 24.3 Å². The number of alkyl halides is 2. The molecule has 1 N–H and O–H groups in total. The van der Waals surface area contributed by atoms with Gasteiger partial charge in [-0.15, -0.1) is 0 Å². The third-order valence-corrected chi connectivity index (χ3v) is 6.77. The summed E-state index contributed by atoms with van der Waals surface area (Å²) in [4.78, 5) is 4.25. The molecular weight excluding hydrogens is 384 g/mol. The number of hydrogen-bond acceptors (Lipinski definition) is 5. The first-order valence-corrected chi connectivity index (χ1v) is 10.6. The molecule has 2 aliphatic heterocycles. The Morgan fingerprint density at radius 3 is 2.38 bits per heavy atom. The molecule has 10 heteroatoms. The zero-order valence-electron chi connectivity index (χ0n) is 14.1. The zero-order valence-corrected chi connectivity index (χ0v) is 15.7. The van der Waals surface area contributed by atoms with Gasteiger partial charge in [-0.1, -0.05) is 0 Å². The van der Waals surface area contributed by atoms with E-state index in [0.29, 0.717) is 17.2 Å². The minimum absolute atomic E-state index is 0.0941. The van der Waals surface area contributed by atoms with Crippen molar-refractivity contribution in [2.24, 2.45) is 0 Å². The maximum absolute atomic E-state index is 12.2. The van der Waals surface area contributed by atoms with Crippen molar-refractivity contribution in [1.82, 2.24) is 9.80 Å². The number of halogens is 2. The molecule has 0 amide bonds. The zero-order chi connectivity index (χ0) is 18.7. The van der Waals surface area contributed by atoms with Gasteiger partial charge in [0.05, 0.1) is 11.5 Å². The fourth-order valence-electron chi connectivity index (χ4n) is 3.28. The lowest BCUT2D eigenvalue weighted by Gasteiger charge is -2.38. The van der Waals surface area contributed by atoms with Crippen LogP contribution in [-0.2, 0) is 9.84 Å². The number of nitrogens with one attached hydrogen (secondary N) is 1. The van der Waals surface area contributed by atoms with E-state index < -0.39 is 16.4 Å². The lowest BCUT2D eigenvalue weighted by Crippen LogP contribution is -2.53. The number of thiocarbonyl (C=S) groups is 1. The molecule has 2 aliphatic rings. The number of sulfone groups is 1. The molecule has 1 atom stereocenters. The van der Waals surface area contributed by atoms with Crippen LogP contribution in [0.4, 0.5) is 14.5 Å². The third-order valence-electron chi connectivity index (χ3n) is 4.66. The highest BCUT2D eigenvalue weighted by Crippen LogP contribution is 2.21. The first kappa shape index (κ1) is 19.2. The van der Waals surface area contributed by atoms with Gasteiger partial charge in [-0.05, 0) is 42.9 Å². The summed E-state index contributed by atoms with van der Waals surface area (Å²) in [7, 11) is -2.88. The summed E-state index contributed by atoms with van der Waals surface area (Å²) in [6, 6.07) is 6.28. The van der Waals surface area contributed by atoms with Crippen molar-refractivity contribution < 1.29 is 21.9 Å². The van der Waals surface area contributed by atoms with Crippen molar-refractivity contribution in [3.05, 3.63) is 24.3 Å². The summed E-state index contributed by atoms with van der Waals surface area (Å²) in [5, 5.41) is 3.65. The van der Waals surface area contributed by atoms with Gasteiger partial charge in [0.15, 0.2) is 14.9 Å². The third kappa shape index (κ3) is 5.01. The summed E-state index contributed by atoms with van der Waals surface area (Å²) >= 11 is 5.42. The molecule has 26 heavy (non-hydrogen) atoms. The van der Waals surface area contributed by atoms with E-state index >= 15 is 0 Å². The Kier molecular flexibility index (Phi) is 5.93. The van der Waals surface area contributed by atoms with E-state index in [-0.39, 0.29) is 23.3 Å². The molecule has 3 rings (SSSR count). The maximum Gasteiger partial charge on any atom is 0.387 e. The summed E-state index contributed by atoms with van der Waals surface area (Å²) in [5.41, 5.74) is 0.695. The standard InChI is InChI=1S/C16H21F2N3O3S2/c17-15(18)24-14-3-1-12(2-4-14)19-16(25)21-8-6-20(7-9-21)13-5-10-26(22,23)11-13/h1-4,13,15H,5-11H2,(H,19,25)/t13-/m1/s1. The lowest BCUT2D eigenvalue weighted by molar-refractivity contribution is -0.0498. The lowest BCUT2D eigenvalue weighted by atomic mass is 10.2. The molecule has 0 aliphatic carbocycles. The van der Waals surface area contributed by atoms with Crippen molar-refractivity contribution in [2.45, 2.75) is 19.1 Å². The predicted molar refractivity (Wildman–Crippen MR) is 99.5 cm³/mol. The highest BCUT2D eigenvalue weighted by molar-refractivity contribution is 7.91. The molecule has 0 unspecified atom stereocenters. The highest BCUT2D eigenvalue weighted by atomic mass is 32.2. The smallest absolute Gasteiger partial charge is 0.387 e. The SMILES string of the molecule is O=S1(=O)CC[C@@H](N2CCN(C(=S)Nc3ccc(OC(F)F)cc3)CC2)C1. The maximum atomic E-state index is 12.2. The van der Waals surface area contributed by atoms with Gasteiger partial charge in [-0.2, -0.15) is 8.78 Å². The topological polar surface area (TPSA) is 61.9 Å². The number of ether oxygens (including phenoxy) is 1. The Morgan fingerprint density at radius 2 is 1.85 bits per heavy atom. The number of benzene rings is 1. The summed E-state index contributed by atoms with van der Waals surface area (Å²) in [6.45, 7) is 0.122. The van der Waals surface area contributed by atoms with Crippen LogP contribution in [0.2, 0.25) is 0 Å². The molecule has 0 aromatic heterocycles. The van der Waals surface area contributed by atoms with Crippen molar-refractivity contribution >= 4 is 32.9 Å². The second kappa shape index (κ2) is 8.01. The van der Waals surface area contributed by atoms with Crippen LogP contribution in [0, 0.1) is 0 Å². The highest BCUT2D eigenvalue weighted by Gasteiger charge is 2.33. The molecule has 2 saturated heterocycles. The first-order chi connectivity index (χ1) is 12.3. The van der Waals surface area contributed by atoms with E-state index in [1.54, 1.807) is 12.1 Å². The van der Waals surface area contributed by atoms with Gasteiger partial charge < -0.3 is 15.0 Å². The number of anilines is 1. The average Bonchev–Trinajstić information content (AvgIpc) is 2.96. The van der Waals surface area contributed by atoms with Crippen LogP contribution in [-0.4, -0.2) is 73.7 Å². The van der Waals surface area contributed by atoms with E-state index in [9.17, 15) is 17.2 Å². The minimum Gasteiger partial charge on any atom is -0.435 e. The van der Waals surface area contributed by atoms with Gasteiger partial charge in [0.1, 0.15) is 5.75 Å². The molecule has 0 radical (unpaired) electrons. The number of hydrogen-bond donors (Lipinski definition) is 1. The molecule has 0 saturated carbocycles. The average molecular weight is 405 g/mol. The molecular formula is C16H21F2N3O3S2. The van der Waals surface area contributed by atoms with Gasteiger partial charge >= 0.3 is 6.61 Å². The Morgan fingerprint density at radius 1 is 1.19 bits per heavy atom. The van der Waals surface area contributed by atoms with E-state index in [2.05, 4.69) is 15.0 Å². The van der Waals surface area contributed by atoms with Crippen LogP contribution in [0.5, 0.6) is 5.75 Å². The second-order valence-electron chi connectivity index (χ2n) is 6.41. The predicted octanol–water partition coefficient (Wildman–Crippen LogP) is 1.79. The Labute approximate surface area is 157 Å². The molecule has 1 aromatic carbocycles. The van der Waals surface area contributed by atoms with E-state index in [1.807, 2.05) is 4.90 Å². The van der Waals surface area contributed by atoms with Crippen LogP contribution < -0.4 is 10.1 Å². The molecule has 0 bridgehead atoms. The quantitative estimate of drug-likeness (QED) is 0.767. The van der Waals surface area contributed by atoms with Gasteiger partial charge in [0, 0.05) is 37.9 Å². The van der Waals surface area contributed by atoms with E-state index in [4.69, 9.17) is 12.2 Å². The van der Waals surface area contributed by atoms with Gasteiger partial charge in [-0.25, -0.2) is 8.42 Å². The molecule has 0 spiro atoms. The molecule has 144 valence electrons. The Hall–Kier alpha value is -1.52. The second-order valence-corrected chi connectivity index (χ2v) is 9.03. The van der Waals surface area contributed by atoms with E-state index in [1.165, 1.54) is 12.1 Å². The van der Waals surface area contributed by atoms with Crippen LogP contribution in [0.3, 0.4) is 0 Å². The van der Waals surface area contributed by atoms with Crippen molar-refractivity contribution in [3.63, 3.8) is 0 Å². The monoisotopic (exact) mass is 405 g/mol. The fraction of sp³-hybridized carbons (Fsp3) is 0.562. The van der Waals surface area contributed by atoms with Crippen molar-refractivity contribution in [1.29, 1.82) is 0 Å². The number of piperazine rings is 1. The minimum atomic E-state index is -2.88. The van der Waals surface area contributed by atoms with Crippen LogP contribution in [0.25, 0.3) is 0 Å². The molecule has 2 fully saturated rings. The van der Waals surface area contributed by atoms with Crippen molar-refractivity contribution in [2.75, 3.05) is 43.0 Å². The fourth-order valence-corrected chi connectivity index (χ4v) is 5.34. The van der Waals surface area contributed by atoms with Gasteiger partial charge in [0.25, 0.3) is 0 Å².